The standard InChI is InChI=1S/C13H19NO/c1-2-11-5-7-12(8-6-11)14-13-4-3-9-15-10-13/h5-8,13-14H,2-4,9-10H2,1H3. The van der Waals surface area contributed by atoms with Crippen molar-refractivity contribution < 1.29 is 4.74 Å². The lowest BCUT2D eigenvalue weighted by molar-refractivity contribution is 0.0876. The van der Waals surface area contributed by atoms with E-state index in [4.69, 9.17) is 4.74 Å². The minimum atomic E-state index is 0.492. The van der Waals surface area contributed by atoms with Crippen LogP contribution in [0.15, 0.2) is 24.3 Å². The molecule has 2 nitrogen and oxygen atoms in total. The van der Waals surface area contributed by atoms with Gasteiger partial charge in [0, 0.05) is 18.3 Å². The second-order valence-corrected chi connectivity index (χ2v) is 4.11. The maximum absolute atomic E-state index is 5.44. The first kappa shape index (κ1) is 10.5. The van der Waals surface area contributed by atoms with Gasteiger partial charge in [-0.15, -0.1) is 0 Å². The minimum absolute atomic E-state index is 0.492. The van der Waals surface area contributed by atoms with Crippen molar-refractivity contribution in [3.63, 3.8) is 0 Å². The highest BCUT2D eigenvalue weighted by Gasteiger charge is 2.12. The van der Waals surface area contributed by atoms with Crippen LogP contribution in [-0.2, 0) is 11.2 Å². The summed E-state index contributed by atoms with van der Waals surface area (Å²) in [6.45, 7) is 3.94. The van der Waals surface area contributed by atoms with Crippen LogP contribution < -0.4 is 5.32 Å². The van der Waals surface area contributed by atoms with Gasteiger partial charge in [-0.2, -0.15) is 0 Å². The van der Waals surface area contributed by atoms with Crippen molar-refractivity contribution >= 4 is 5.69 Å². The van der Waals surface area contributed by atoms with Crippen LogP contribution in [0.25, 0.3) is 0 Å². The van der Waals surface area contributed by atoms with E-state index in [0.717, 1.165) is 19.6 Å². The Morgan fingerprint density at radius 2 is 2.13 bits per heavy atom. The molecule has 0 saturated carbocycles. The van der Waals surface area contributed by atoms with Gasteiger partial charge in [0.2, 0.25) is 0 Å². The second-order valence-electron chi connectivity index (χ2n) is 4.11. The topological polar surface area (TPSA) is 21.3 Å². The molecule has 1 N–H and O–H groups in total. The van der Waals surface area contributed by atoms with Crippen LogP contribution in [0.5, 0.6) is 0 Å². The zero-order chi connectivity index (χ0) is 10.5. The highest BCUT2D eigenvalue weighted by Crippen LogP contribution is 2.15. The number of hydrogen-bond donors (Lipinski definition) is 1. The zero-order valence-electron chi connectivity index (χ0n) is 9.33. The van der Waals surface area contributed by atoms with E-state index in [0.29, 0.717) is 6.04 Å². The monoisotopic (exact) mass is 205 g/mol. The number of rotatable bonds is 3. The SMILES string of the molecule is CCc1ccc(NC2CCCOC2)cc1. The molecule has 1 aliphatic rings. The Hall–Kier alpha value is -1.02. The van der Waals surface area contributed by atoms with Gasteiger partial charge in [-0.25, -0.2) is 0 Å². The number of anilines is 1. The smallest absolute Gasteiger partial charge is 0.0667 e. The van der Waals surface area contributed by atoms with E-state index >= 15 is 0 Å². The van der Waals surface area contributed by atoms with Gasteiger partial charge in [0.1, 0.15) is 0 Å². The van der Waals surface area contributed by atoms with Crippen LogP contribution in [-0.4, -0.2) is 19.3 Å². The molecule has 1 saturated heterocycles. The molecule has 0 aliphatic carbocycles. The molecule has 1 fully saturated rings. The first-order chi connectivity index (χ1) is 7.38. The van der Waals surface area contributed by atoms with E-state index in [2.05, 4.69) is 36.5 Å². The molecule has 1 aromatic rings. The molecule has 15 heavy (non-hydrogen) atoms. The van der Waals surface area contributed by atoms with Crippen molar-refractivity contribution in [1.29, 1.82) is 0 Å². The van der Waals surface area contributed by atoms with Gasteiger partial charge < -0.3 is 10.1 Å². The van der Waals surface area contributed by atoms with Crippen molar-refractivity contribution in [3.05, 3.63) is 29.8 Å². The fourth-order valence-corrected chi connectivity index (χ4v) is 1.93. The molecule has 0 bridgehead atoms. The summed E-state index contributed by atoms with van der Waals surface area (Å²) in [7, 11) is 0. The highest BCUT2D eigenvalue weighted by atomic mass is 16.5. The summed E-state index contributed by atoms with van der Waals surface area (Å²) in [5.74, 6) is 0. The maximum atomic E-state index is 5.44. The van der Waals surface area contributed by atoms with E-state index < -0.39 is 0 Å². The summed E-state index contributed by atoms with van der Waals surface area (Å²) >= 11 is 0. The molecule has 2 rings (SSSR count). The molecule has 0 radical (unpaired) electrons. The predicted molar refractivity (Wildman–Crippen MR) is 63.3 cm³/mol. The number of benzene rings is 1. The molecular formula is C13H19NO. The molecule has 1 unspecified atom stereocenters. The van der Waals surface area contributed by atoms with Crippen molar-refractivity contribution in [1.82, 2.24) is 0 Å². The van der Waals surface area contributed by atoms with E-state index in [9.17, 15) is 0 Å². The summed E-state index contributed by atoms with van der Waals surface area (Å²) in [4.78, 5) is 0. The normalized spacial score (nSPS) is 21.3. The van der Waals surface area contributed by atoms with Gasteiger partial charge in [0.05, 0.1) is 6.61 Å². The molecule has 0 amide bonds. The van der Waals surface area contributed by atoms with Gasteiger partial charge in [0.15, 0.2) is 0 Å². The highest BCUT2D eigenvalue weighted by molar-refractivity contribution is 5.45. The van der Waals surface area contributed by atoms with Crippen LogP contribution >= 0.6 is 0 Å². The summed E-state index contributed by atoms with van der Waals surface area (Å²) < 4.78 is 5.44. The minimum Gasteiger partial charge on any atom is -0.380 e. The second kappa shape index (κ2) is 5.17. The molecular weight excluding hydrogens is 186 g/mol. The van der Waals surface area contributed by atoms with E-state index in [1.807, 2.05) is 0 Å². The molecule has 1 aliphatic heterocycles. The molecule has 82 valence electrons. The number of nitrogens with one attached hydrogen (secondary N) is 1. The summed E-state index contributed by atoms with van der Waals surface area (Å²) in [5, 5.41) is 3.51. The average molecular weight is 205 g/mol. The first-order valence-corrected chi connectivity index (χ1v) is 5.81. The third kappa shape index (κ3) is 2.96. The summed E-state index contributed by atoms with van der Waals surface area (Å²) in [6.07, 6.45) is 3.49. The van der Waals surface area contributed by atoms with Gasteiger partial charge in [0.25, 0.3) is 0 Å². The molecule has 0 spiro atoms. The third-order valence-corrected chi connectivity index (χ3v) is 2.89. The Bertz CT molecular complexity index is 288. The fraction of sp³-hybridized carbons (Fsp3) is 0.538. The average Bonchev–Trinajstić information content (AvgIpc) is 2.31. The largest absolute Gasteiger partial charge is 0.380 e. The lowest BCUT2D eigenvalue weighted by Crippen LogP contribution is -2.29. The van der Waals surface area contributed by atoms with Crippen molar-refractivity contribution in [2.24, 2.45) is 0 Å². The maximum Gasteiger partial charge on any atom is 0.0667 e. The summed E-state index contributed by atoms with van der Waals surface area (Å²) in [6, 6.07) is 9.19. The predicted octanol–water partition coefficient (Wildman–Crippen LogP) is 2.84. The Labute approximate surface area is 91.6 Å². The Morgan fingerprint density at radius 1 is 1.33 bits per heavy atom. The van der Waals surface area contributed by atoms with Crippen molar-refractivity contribution in [2.75, 3.05) is 18.5 Å². The lowest BCUT2D eigenvalue weighted by Gasteiger charge is -2.24. The van der Waals surface area contributed by atoms with E-state index in [1.54, 1.807) is 0 Å². The Balaban J connectivity index is 1.91. The Kier molecular flexibility index (Phi) is 3.62. The molecule has 1 atom stereocenters. The van der Waals surface area contributed by atoms with Crippen molar-refractivity contribution in [3.8, 4) is 0 Å². The van der Waals surface area contributed by atoms with Crippen LogP contribution in [0.1, 0.15) is 25.3 Å². The summed E-state index contributed by atoms with van der Waals surface area (Å²) in [5.41, 5.74) is 2.60. The van der Waals surface area contributed by atoms with Crippen LogP contribution in [0.2, 0.25) is 0 Å². The van der Waals surface area contributed by atoms with Crippen LogP contribution in [0.3, 0.4) is 0 Å². The lowest BCUT2D eigenvalue weighted by atomic mass is 10.1. The fourth-order valence-electron chi connectivity index (χ4n) is 1.93. The molecule has 2 heteroatoms. The van der Waals surface area contributed by atoms with Crippen LogP contribution in [0.4, 0.5) is 5.69 Å². The Morgan fingerprint density at radius 3 is 2.73 bits per heavy atom. The zero-order valence-corrected chi connectivity index (χ0v) is 9.33. The molecule has 1 heterocycles. The van der Waals surface area contributed by atoms with Gasteiger partial charge in [-0.05, 0) is 37.0 Å². The molecule has 0 aromatic heterocycles. The van der Waals surface area contributed by atoms with E-state index in [1.165, 1.54) is 24.1 Å². The first-order valence-electron chi connectivity index (χ1n) is 5.81. The number of hydrogen-bond acceptors (Lipinski definition) is 2. The van der Waals surface area contributed by atoms with Crippen molar-refractivity contribution in [2.45, 2.75) is 32.2 Å². The van der Waals surface area contributed by atoms with Crippen LogP contribution in [0, 0.1) is 0 Å². The van der Waals surface area contributed by atoms with Gasteiger partial charge in [-0.1, -0.05) is 19.1 Å². The number of aryl methyl sites for hydroxylation is 1. The number of ether oxygens (including phenoxy) is 1. The van der Waals surface area contributed by atoms with Gasteiger partial charge in [-0.3, -0.25) is 0 Å². The molecule has 1 aromatic carbocycles. The van der Waals surface area contributed by atoms with Gasteiger partial charge >= 0.3 is 0 Å². The third-order valence-electron chi connectivity index (χ3n) is 2.89. The quantitative estimate of drug-likeness (QED) is 0.819. The van der Waals surface area contributed by atoms with E-state index in [-0.39, 0.29) is 0 Å².